The van der Waals surface area contributed by atoms with Gasteiger partial charge in [-0.05, 0) is 57.9 Å². The number of carbonyl (C=O) groups excluding carboxylic acids is 3. The molecule has 0 amide bonds. The average Bonchev–Trinajstić information content (AvgIpc) is 3.80. The first-order valence-corrected chi connectivity index (χ1v) is 16.4. The van der Waals surface area contributed by atoms with Gasteiger partial charge in [0.1, 0.15) is 12.5 Å². The molecular formula is C39H40MgN4O5-2. The number of carbonyl (C=O) groups is 3. The van der Waals surface area contributed by atoms with E-state index in [9.17, 15) is 14.4 Å². The van der Waals surface area contributed by atoms with Crippen LogP contribution < -0.4 is 25.7 Å². The molecule has 1 saturated heterocycles. The third-order valence-electron chi connectivity index (χ3n) is 9.98. The van der Waals surface area contributed by atoms with Crippen LogP contribution in [-0.2, 0) is 25.5 Å². The number of aromatic nitrogens is 3. The van der Waals surface area contributed by atoms with Gasteiger partial charge < -0.3 is 29.7 Å². The van der Waals surface area contributed by atoms with Crippen LogP contribution in [0.5, 0.6) is 0 Å². The van der Waals surface area contributed by atoms with Gasteiger partial charge in [0.15, 0.2) is 5.78 Å². The molecule has 49 heavy (non-hydrogen) atoms. The zero-order valence-corrected chi connectivity index (χ0v) is 30.7. The van der Waals surface area contributed by atoms with Crippen LogP contribution in [0.25, 0.3) is 35.2 Å². The molecule has 10 heteroatoms. The fourth-order valence-corrected chi connectivity index (χ4v) is 7.23. The van der Waals surface area contributed by atoms with Gasteiger partial charge in [0.05, 0.1) is 7.11 Å². The first-order chi connectivity index (χ1) is 23.0. The van der Waals surface area contributed by atoms with Gasteiger partial charge in [-0.2, -0.15) is 11.4 Å². The molecule has 3 aromatic heterocycles. The second-order valence-electron chi connectivity index (χ2n) is 12.6. The van der Waals surface area contributed by atoms with Crippen LogP contribution in [0, 0.1) is 38.5 Å². The van der Waals surface area contributed by atoms with Gasteiger partial charge in [0, 0.05) is 12.0 Å². The predicted octanol–water partition coefficient (Wildman–Crippen LogP) is 4.56. The van der Waals surface area contributed by atoms with Crippen LogP contribution in [0.4, 0.5) is 0 Å². The molecule has 3 aliphatic rings. The van der Waals surface area contributed by atoms with E-state index in [1.165, 1.54) is 7.11 Å². The molecule has 1 fully saturated rings. The molecule has 1 aliphatic carbocycles. The number of rotatable bonds is 8. The molecule has 0 spiro atoms. The number of hydrogen-bond donors (Lipinski definition) is 0. The van der Waals surface area contributed by atoms with E-state index >= 15 is 0 Å². The fraction of sp³-hybridized carbons (Fsp3) is 0.359. The molecule has 6 rings (SSSR count). The summed E-state index contributed by atoms with van der Waals surface area (Å²) >= 11 is 0. The first kappa shape index (κ1) is 36.0. The third-order valence-corrected chi connectivity index (χ3v) is 9.98. The van der Waals surface area contributed by atoms with Gasteiger partial charge in [0.25, 0.3) is 0 Å². The van der Waals surface area contributed by atoms with E-state index in [-0.39, 0.29) is 59.7 Å². The molecule has 0 saturated carbocycles. The van der Waals surface area contributed by atoms with E-state index in [1.54, 1.807) is 6.08 Å². The summed E-state index contributed by atoms with van der Waals surface area (Å²) in [6.45, 7) is 16.2. The summed E-state index contributed by atoms with van der Waals surface area (Å²) in [6, 6.07) is 0. The number of allylic oxidation sites excluding steroid dienone is 3. The van der Waals surface area contributed by atoms with Gasteiger partial charge in [-0.1, -0.05) is 84.7 Å². The molecule has 0 unspecified atom stereocenters. The third kappa shape index (κ3) is 6.10. The van der Waals surface area contributed by atoms with E-state index < -0.39 is 11.9 Å². The van der Waals surface area contributed by atoms with Crippen molar-refractivity contribution < 1.29 is 23.9 Å². The zero-order chi connectivity index (χ0) is 34.4. The Morgan fingerprint density at radius 2 is 1.69 bits per heavy atom. The van der Waals surface area contributed by atoms with Crippen LogP contribution >= 0.6 is 0 Å². The van der Waals surface area contributed by atoms with Crippen molar-refractivity contribution in [1.29, 1.82) is 0 Å². The number of nitrogens with zero attached hydrogens (tertiary/aromatic N) is 4. The topological polar surface area (TPSA) is 126 Å². The van der Waals surface area contributed by atoms with Gasteiger partial charge >= 0.3 is 35.0 Å². The van der Waals surface area contributed by atoms with Crippen molar-refractivity contribution in [2.45, 2.75) is 60.8 Å². The summed E-state index contributed by atoms with van der Waals surface area (Å²) < 4.78 is 10.6. The van der Waals surface area contributed by atoms with Crippen LogP contribution in [-0.4, -0.2) is 54.5 Å². The van der Waals surface area contributed by atoms with Crippen molar-refractivity contribution in [2.24, 2.45) is 17.8 Å². The summed E-state index contributed by atoms with van der Waals surface area (Å²) in [6.07, 6.45) is 12.6. The van der Waals surface area contributed by atoms with E-state index in [0.29, 0.717) is 40.2 Å². The Morgan fingerprint density at radius 3 is 2.37 bits per heavy atom. The Hall–Kier alpha value is -4.28. The Balaban J connectivity index is 0.00000468. The maximum absolute atomic E-state index is 14.1. The van der Waals surface area contributed by atoms with Crippen LogP contribution in [0.15, 0.2) is 30.1 Å². The number of ketones is 1. The summed E-state index contributed by atoms with van der Waals surface area (Å²) in [4.78, 5) is 55.3. The van der Waals surface area contributed by atoms with Gasteiger partial charge in [0.2, 0.25) is 0 Å². The molecule has 5 heterocycles. The Bertz CT molecular complexity index is 2090. The molecular weight excluding hydrogens is 629 g/mol. The minimum Gasteiger partial charge on any atom is -0.664 e. The number of Topliss-reactive ketones (excluding diaryl/α,β-unsaturated/α-hetero) is 1. The molecule has 3 aromatic rings. The molecule has 9 nitrogen and oxygen atoms in total. The Kier molecular flexibility index (Phi) is 10.5. The first-order valence-electron chi connectivity index (χ1n) is 16.4. The maximum Gasteiger partial charge on any atom is 2.00 e. The Morgan fingerprint density at radius 1 is 0.980 bits per heavy atom. The molecule has 250 valence electrons. The number of esters is 2. The standard InChI is InChI=1S/C39H41N4O5.Mg/c1-9-12-15-48-32(44)14-13-25-21(6)28-16-26-19(4)23(10-2)30(40-26)17-27-20(5)24(11-3)31(41-27)18-29-22(7)33-37(43-29)34(36(25)42-28)35(38(33)45)39(46)47-8;/h9-10,12,16-18,21,25,35H,2,11,13-15H2,1,3-8H3,(H-,42,43,45);/q-3;+2/p-1/b12-9-,27-17-,28-16+,31-18-;/t21-,25-,35+;/m0./s1. The van der Waals surface area contributed by atoms with Crippen molar-refractivity contribution in [3.63, 3.8) is 0 Å². The minimum absolute atomic E-state index is 0. The van der Waals surface area contributed by atoms with Gasteiger partial charge in [-0.3, -0.25) is 14.4 Å². The molecule has 0 aromatic carbocycles. The summed E-state index contributed by atoms with van der Waals surface area (Å²) in [7, 11) is 1.28. The number of ether oxygens (including phenoxy) is 2. The minimum atomic E-state index is -1.21. The van der Waals surface area contributed by atoms with E-state index in [1.807, 2.05) is 58.1 Å². The maximum atomic E-state index is 14.1. The second-order valence-corrected chi connectivity index (χ2v) is 12.6. The molecule has 3 atom stereocenters. The largest absolute Gasteiger partial charge is 2.00 e. The number of methoxy groups -OCH3 is 1. The zero-order valence-electron chi connectivity index (χ0n) is 29.3. The fourth-order valence-electron chi connectivity index (χ4n) is 7.23. The van der Waals surface area contributed by atoms with Crippen molar-refractivity contribution in [3.8, 4) is 0 Å². The van der Waals surface area contributed by atoms with Gasteiger partial charge in [-0.25, -0.2) is 0 Å². The number of fused-ring (bicyclic) bond motifs is 7. The van der Waals surface area contributed by atoms with Crippen molar-refractivity contribution in [2.75, 3.05) is 13.7 Å². The van der Waals surface area contributed by atoms with E-state index in [4.69, 9.17) is 29.7 Å². The van der Waals surface area contributed by atoms with Crippen LogP contribution in [0.1, 0.15) is 94.6 Å². The smallest absolute Gasteiger partial charge is 0.664 e. The summed E-state index contributed by atoms with van der Waals surface area (Å²) in [5.41, 5.74) is 9.38. The quantitative estimate of drug-likeness (QED) is 0.148. The molecule has 0 radical (unpaired) electrons. The second kappa shape index (κ2) is 14.3. The van der Waals surface area contributed by atoms with Gasteiger partial charge in [-0.15, -0.1) is 33.5 Å². The summed E-state index contributed by atoms with van der Waals surface area (Å²) in [5, 5.41) is 6.73. The molecule has 2 aliphatic heterocycles. The Labute approximate surface area is 302 Å². The normalized spacial score (nSPS) is 23.1. The van der Waals surface area contributed by atoms with Crippen LogP contribution in [0.3, 0.4) is 0 Å². The van der Waals surface area contributed by atoms with Crippen molar-refractivity contribution in [1.82, 2.24) is 15.0 Å². The van der Waals surface area contributed by atoms with E-state index in [0.717, 1.165) is 56.5 Å². The molecule has 8 bridgehead atoms. The SMILES string of the molecule is C=Cc1c2[n-]c(c1C)/C=C1/[N-]/C(=C3\c4[n-]c(c(C)c4C(=O)[C@@H]3C(=O)OC)/C=c3\[n-]/c(c(C)c3CC)=C\2)[C@@H](CCC(=O)OC/C=C\C)[C@@H]1C.[Mg+2]. The summed E-state index contributed by atoms with van der Waals surface area (Å²) in [5.74, 6) is -3.05. The molecule has 0 N–H and O–H groups in total. The average molecular weight is 669 g/mol. The monoisotopic (exact) mass is 668 g/mol. The van der Waals surface area contributed by atoms with Crippen molar-refractivity contribution in [3.05, 3.63) is 102 Å². The van der Waals surface area contributed by atoms with Crippen LogP contribution in [0.2, 0.25) is 0 Å². The predicted molar refractivity (Wildman–Crippen MR) is 191 cm³/mol. The number of hydrogen-bond acceptors (Lipinski definition) is 5. The van der Waals surface area contributed by atoms with Crippen molar-refractivity contribution >= 4 is 70.7 Å². The van der Waals surface area contributed by atoms with E-state index in [2.05, 4.69) is 20.4 Å².